The fourth-order valence-electron chi connectivity index (χ4n) is 3.45. The molecule has 0 aliphatic rings. The molecule has 0 saturated heterocycles. The van der Waals surface area contributed by atoms with Gasteiger partial charge in [-0.25, -0.2) is 13.8 Å². The Morgan fingerprint density at radius 1 is 1.00 bits per heavy atom. The summed E-state index contributed by atoms with van der Waals surface area (Å²) in [5.41, 5.74) is 4.75. The normalized spacial score (nSPS) is 12.3. The van der Waals surface area contributed by atoms with Crippen LogP contribution in [0.5, 0.6) is 5.75 Å². The molecule has 1 atom stereocenters. The van der Waals surface area contributed by atoms with Crippen LogP contribution < -0.4 is 20.2 Å². The first-order valence-electron chi connectivity index (χ1n) is 12.2. The van der Waals surface area contributed by atoms with Gasteiger partial charge in [-0.15, -0.1) is 0 Å². The standard InChI is InChI=1S/C28H31IN4O5S/c1-19(2)16-26(33-39(36,37)23-14-8-20(3)9-15-23)28(35)32-30-17-21-10-12-22(13-11-21)38-18-27(34)31-25-7-5-4-6-24(25)29/h4-15,17,19,26,33H,16,18H2,1-3H3,(H,31,34)(H,32,35)/b30-17-/t26-/m0/s1. The van der Waals surface area contributed by atoms with Gasteiger partial charge in [0, 0.05) is 3.57 Å². The summed E-state index contributed by atoms with van der Waals surface area (Å²) in [6.07, 6.45) is 1.74. The molecule has 0 spiro atoms. The number of carbonyl (C=O) groups excluding carboxylic acids is 2. The van der Waals surface area contributed by atoms with Gasteiger partial charge in [-0.2, -0.15) is 9.82 Å². The number of nitrogens with one attached hydrogen (secondary N) is 3. The quantitative estimate of drug-likeness (QED) is 0.150. The van der Waals surface area contributed by atoms with Gasteiger partial charge in [0.25, 0.3) is 11.8 Å². The summed E-state index contributed by atoms with van der Waals surface area (Å²) < 4.78 is 34.6. The number of rotatable bonds is 12. The highest BCUT2D eigenvalue weighted by Crippen LogP contribution is 2.17. The second-order valence-corrected chi connectivity index (χ2v) is 12.1. The second kappa shape index (κ2) is 14.2. The molecule has 0 aliphatic heterocycles. The van der Waals surface area contributed by atoms with E-state index >= 15 is 0 Å². The lowest BCUT2D eigenvalue weighted by molar-refractivity contribution is -0.123. The third-order valence-electron chi connectivity index (χ3n) is 5.44. The number of nitrogens with zero attached hydrogens (tertiary/aromatic N) is 1. The maximum absolute atomic E-state index is 12.8. The van der Waals surface area contributed by atoms with Crippen LogP contribution in [-0.4, -0.2) is 39.1 Å². The van der Waals surface area contributed by atoms with Crippen LogP contribution in [-0.2, 0) is 19.6 Å². The summed E-state index contributed by atoms with van der Waals surface area (Å²) in [5, 5.41) is 6.78. The maximum atomic E-state index is 12.8. The summed E-state index contributed by atoms with van der Waals surface area (Å²) in [6.45, 7) is 5.52. The number of halogens is 1. The topological polar surface area (TPSA) is 126 Å². The Balaban J connectivity index is 1.54. The van der Waals surface area contributed by atoms with Crippen molar-refractivity contribution in [2.75, 3.05) is 11.9 Å². The lowest BCUT2D eigenvalue weighted by Crippen LogP contribution is -2.46. The van der Waals surface area contributed by atoms with Crippen LogP contribution in [0.25, 0.3) is 0 Å². The molecule has 0 radical (unpaired) electrons. The zero-order valence-corrected chi connectivity index (χ0v) is 24.8. The van der Waals surface area contributed by atoms with Crippen LogP contribution in [0.2, 0.25) is 0 Å². The molecule has 39 heavy (non-hydrogen) atoms. The monoisotopic (exact) mass is 662 g/mol. The number of hydrogen-bond donors (Lipinski definition) is 3. The zero-order valence-electron chi connectivity index (χ0n) is 21.8. The number of carbonyl (C=O) groups is 2. The molecule has 11 heteroatoms. The number of sulfonamides is 1. The van der Waals surface area contributed by atoms with E-state index in [1.54, 1.807) is 36.4 Å². The third kappa shape index (κ3) is 9.75. The van der Waals surface area contributed by atoms with Gasteiger partial charge in [0.05, 0.1) is 16.8 Å². The molecule has 0 saturated carbocycles. The zero-order chi connectivity index (χ0) is 28.4. The van der Waals surface area contributed by atoms with Crippen LogP contribution in [0.1, 0.15) is 31.4 Å². The lowest BCUT2D eigenvalue weighted by Gasteiger charge is -2.19. The summed E-state index contributed by atoms with van der Waals surface area (Å²) in [5.74, 6) is -0.274. The molecule has 0 unspecified atom stereocenters. The molecule has 3 aromatic rings. The SMILES string of the molecule is Cc1ccc(S(=O)(=O)N[C@@H](CC(C)C)C(=O)N/N=C\c2ccc(OCC(=O)Nc3ccccc3I)cc2)cc1. The number of hydrazone groups is 1. The maximum Gasteiger partial charge on any atom is 0.262 e. The van der Waals surface area contributed by atoms with Crippen LogP contribution >= 0.6 is 22.6 Å². The molecule has 3 aromatic carbocycles. The Bertz CT molecular complexity index is 1410. The highest BCUT2D eigenvalue weighted by atomic mass is 127. The molecule has 0 bridgehead atoms. The van der Waals surface area contributed by atoms with E-state index < -0.39 is 22.0 Å². The van der Waals surface area contributed by atoms with Crippen molar-refractivity contribution in [3.63, 3.8) is 0 Å². The average Bonchev–Trinajstić information content (AvgIpc) is 2.89. The van der Waals surface area contributed by atoms with Gasteiger partial charge in [-0.05, 0) is 95.9 Å². The second-order valence-electron chi connectivity index (χ2n) is 9.24. The number of benzene rings is 3. The van der Waals surface area contributed by atoms with E-state index in [-0.39, 0.29) is 23.3 Å². The number of aryl methyl sites for hydroxylation is 1. The van der Waals surface area contributed by atoms with Gasteiger partial charge in [0.2, 0.25) is 10.0 Å². The largest absolute Gasteiger partial charge is 0.484 e. The van der Waals surface area contributed by atoms with Crippen molar-refractivity contribution in [3.8, 4) is 5.75 Å². The van der Waals surface area contributed by atoms with E-state index in [2.05, 4.69) is 43.2 Å². The molecule has 0 aliphatic carbocycles. The first-order chi connectivity index (χ1) is 18.5. The van der Waals surface area contributed by atoms with Crippen molar-refractivity contribution in [2.45, 2.75) is 38.1 Å². The van der Waals surface area contributed by atoms with Crippen LogP contribution in [0, 0.1) is 16.4 Å². The minimum Gasteiger partial charge on any atom is -0.484 e. The number of amides is 2. The van der Waals surface area contributed by atoms with E-state index in [4.69, 9.17) is 4.74 Å². The molecular formula is C28H31IN4O5S. The van der Waals surface area contributed by atoms with Gasteiger partial charge in [0.15, 0.2) is 6.61 Å². The van der Waals surface area contributed by atoms with Crippen LogP contribution in [0.4, 0.5) is 5.69 Å². The Morgan fingerprint density at radius 3 is 2.31 bits per heavy atom. The fourth-order valence-corrected chi connectivity index (χ4v) is 5.18. The lowest BCUT2D eigenvalue weighted by atomic mass is 10.0. The molecule has 206 valence electrons. The number of anilines is 1. The summed E-state index contributed by atoms with van der Waals surface area (Å²) >= 11 is 2.14. The van der Waals surface area contributed by atoms with Crippen molar-refractivity contribution < 1.29 is 22.7 Å². The predicted molar refractivity (Wildman–Crippen MR) is 160 cm³/mol. The third-order valence-corrected chi connectivity index (χ3v) is 7.87. The molecular weight excluding hydrogens is 631 g/mol. The Kier molecular flexibility index (Phi) is 11.0. The minimum absolute atomic E-state index is 0.0661. The summed E-state index contributed by atoms with van der Waals surface area (Å²) in [4.78, 5) is 25.0. The molecule has 2 amide bonds. The van der Waals surface area contributed by atoms with E-state index in [1.165, 1.54) is 18.3 Å². The molecule has 3 N–H and O–H groups in total. The van der Waals surface area contributed by atoms with Crippen molar-refractivity contribution >= 4 is 56.3 Å². The van der Waals surface area contributed by atoms with Crippen molar-refractivity contribution in [1.29, 1.82) is 0 Å². The van der Waals surface area contributed by atoms with Gasteiger partial charge >= 0.3 is 0 Å². The van der Waals surface area contributed by atoms with Gasteiger partial charge in [-0.1, -0.05) is 43.7 Å². The summed E-state index contributed by atoms with van der Waals surface area (Å²) in [7, 11) is -3.89. The Hall–Kier alpha value is -3.29. The molecule has 3 rings (SSSR count). The Labute approximate surface area is 242 Å². The minimum atomic E-state index is -3.89. The average molecular weight is 663 g/mol. The van der Waals surface area contributed by atoms with Gasteiger partial charge < -0.3 is 10.1 Å². The molecule has 0 aromatic heterocycles. The van der Waals surface area contributed by atoms with Crippen LogP contribution in [0.15, 0.2) is 82.8 Å². The highest BCUT2D eigenvalue weighted by Gasteiger charge is 2.26. The molecule has 0 heterocycles. The first kappa shape index (κ1) is 30.3. The van der Waals surface area contributed by atoms with E-state index in [0.29, 0.717) is 17.7 Å². The highest BCUT2D eigenvalue weighted by molar-refractivity contribution is 14.1. The molecule has 9 nitrogen and oxygen atoms in total. The van der Waals surface area contributed by atoms with Crippen molar-refractivity contribution in [2.24, 2.45) is 11.0 Å². The summed E-state index contributed by atoms with van der Waals surface area (Å²) in [6, 6.07) is 19.7. The number of para-hydroxylation sites is 1. The van der Waals surface area contributed by atoms with E-state index in [9.17, 15) is 18.0 Å². The van der Waals surface area contributed by atoms with Crippen LogP contribution in [0.3, 0.4) is 0 Å². The smallest absolute Gasteiger partial charge is 0.262 e. The van der Waals surface area contributed by atoms with Gasteiger partial charge in [0.1, 0.15) is 11.8 Å². The van der Waals surface area contributed by atoms with Crippen molar-refractivity contribution in [3.05, 3.63) is 87.5 Å². The Morgan fingerprint density at radius 2 is 1.67 bits per heavy atom. The predicted octanol–water partition coefficient (Wildman–Crippen LogP) is 4.46. The van der Waals surface area contributed by atoms with Gasteiger partial charge in [-0.3, -0.25) is 9.59 Å². The molecule has 0 fully saturated rings. The fraction of sp³-hybridized carbons (Fsp3) is 0.250. The van der Waals surface area contributed by atoms with E-state index in [1.807, 2.05) is 45.0 Å². The number of ether oxygens (including phenoxy) is 1. The first-order valence-corrected chi connectivity index (χ1v) is 14.8. The number of hydrogen-bond acceptors (Lipinski definition) is 6. The van der Waals surface area contributed by atoms with E-state index in [0.717, 1.165) is 14.8 Å². The van der Waals surface area contributed by atoms with Crippen molar-refractivity contribution in [1.82, 2.24) is 10.1 Å².